The third-order valence-electron chi connectivity index (χ3n) is 3.21. The van der Waals surface area contributed by atoms with E-state index in [1.807, 2.05) is 24.3 Å². The first-order chi connectivity index (χ1) is 10.2. The number of aromatic nitrogens is 1. The molecule has 0 saturated heterocycles. The lowest BCUT2D eigenvalue weighted by atomic mass is 10.1. The first kappa shape index (κ1) is 13.6. The van der Waals surface area contributed by atoms with Crippen LogP contribution in [0.1, 0.15) is 20.8 Å². The van der Waals surface area contributed by atoms with Crippen molar-refractivity contribution in [3.05, 3.63) is 53.9 Å². The Balaban J connectivity index is 2.03. The number of aromatic carboxylic acids is 1. The van der Waals surface area contributed by atoms with Gasteiger partial charge in [0.15, 0.2) is 0 Å². The predicted molar refractivity (Wildman–Crippen MR) is 80.0 cm³/mol. The van der Waals surface area contributed by atoms with Gasteiger partial charge in [-0.2, -0.15) is 0 Å². The molecule has 0 aliphatic carbocycles. The lowest BCUT2D eigenvalue weighted by Crippen LogP contribution is -2.36. The van der Waals surface area contributed by atoms with Gasteiger partial charge in [0.25, 0.3) is 5.91 Å². The van der Waals surface area contributed by atoms with Crippen LogP contribution in [0, 0.1) is 0 Å². The van der Waals surface area contributed by atoms with Crippen molar-refractivity contribution in [2.75, 3.05) is 17.2 Å². The van der Waals surface area contributed by atoms with Crippen LogP contribution in [0.5, 0.6) is 0 Å². The molecule has 0 bridgehead atoms. The third kappa shape index (κ3) is 2.50. The van der Waals surface area contributed by atoms with Gasteiger partial charge in [-0.3, -0.25) is 9.78 Å². The lowest BCUT2D eigenvalue weighted by molar-refractivity contribution is 0.0691. The second-order valence-electron chi connectivity index (χ2n) is 4.48. The van der Waals surface area contributed by atoms with Crippen LogP contribution >= 0.6 is 11.8 Å². The fourth-order valence-electron chi connectivity index (χ4n) is 2.26. The molecule has 1 N–H and O–H groups in total. The zero-order valence-corrected chi connectivity index (χ0v) is 11.8. The summed E-state index contributed by atoms with van der Waals surface area (Å²) in [5.41, 5.74) is 0.714. The molecule has 2 aromatic rings. The molecule has 1 aliphatic heterocycles. The van der Waals surface area contributed by atoms with Crippen LogP contribution in [0.2, 0.25) is 0 Å². The van der Waals surface area contributed by atoms with Gasteiger partial charge < -0.3 is 10.0 Å². The van der Waals surface area contributed by atoms with E-state index in [-0.39, 0.29) is 17.2 Å². The Morgan fingerprint density at radius 1 is 1.19 bits per heavy atom. The number of hydrogen-bond donors (Lipinski definition) is 1. The van der Waals surface area contributed by atoms with Crippen molar-refractivity contribution in [2.45, 2.75) is 4.90 Å². The van der Waals surface area contributed by atoms with Crippen LogP contribution in [-0.2, 0) is 0 Å². The Bertz CT molecular complexity index is 718. The molecule has 1 aromatic heterocycles. The summed E-state index contributed by atoms with van der Waals surface area (Å²) in [5, 5.41) is 9.19. The summed E-state index contributed by atoms with van der Waals surface area (Å²) in [4.78, 5) is 30.5. The van der Waals surface area contributed by atoms with E-state index in [0.717, 1.165) is 16.3 Å². The van der Waals surface area contributed by atoms with Gasteiger partial charge in [-0.15, -0.1) is 11.8 Å². The second-order valence-corrected chi connectivity index (χ2v) is 5.61. The highest BCUT2D eigenvalue weighted by atomic mass is 32.2. The summed E-state index contributed by atoms with van der Waals surface area (Å²) in [6, 6.07) is 10.5. The van der Waals surface area contributed by atoms with E-state index in [0.29, 0.717) is 6.54 Å². The largest absolute Gasteiger partial charge is 0.478 e. The van der Waals surface area contributed by atoms with Crippen LogP contribution in [-0.4, -0.2) is 34.3 Å². The molecule has 1 aromatic carbocycles. The number of benzene rings is 1. The number of carboxylic acids is 1. The third-order valence-corrected chi connectivity index (χ3v) is 4.26. The Labute approximate surface area is 125 Å². The number of pyridine rings is 1. The minimum atomic E-state index is -1.15. The molecule has 1 aliphatic rings. The number of carbonyl (C=O) groups is 2. The molecular weight excluding hydrogens is 288 g/mol. The summed E-state index contributed by atoms with van der Waals surface area (Å²) < 4.78 is 0. The number of amides is 1. The van der Waals surface area contributed by atoms with Crippen LogP contribution in [0.25, 0.3) is 0 Å². The summed E-state index contributed by atoms with van der Waals surface area (Å²) in [5.74, 6) is -0.746. The summed E-state index contributed by atoms with van der Waals surface area (Å²) in [6.07, 6.45) is 1.43. The highest BCUT2D eigenvalue weighted by Gasteiger charge is 2.27. The monoisotopic (exact) mass is 300 g/mol. The number of hydrogen-bond acceptors (Lipinski definition) is 4. The molecule has 106 valence electrons. The van der Waals surface area contributed by atoms with Crippen molar-refractivity contribution in [3.63, 3.8) is 0 Å². The summed E-state index contributed by atoms with van der Waals surface area (Å²) in [7, 11) is 0. The summed E-state index contributed by atoms with van der Waals surface area (Å²) in [6.45, 7) is 0.538. The fourth-order valence-corrected chi connectivity index (χ4v) is 3.25. The molecule has 0 spiro atoms. The number of nitrogens with zero attached hydrogens (tertiary/aromatic N) is 2. The predicted octanol–water partition coefficient (Wildman–Crippen LogP) is 2.53. The molecule has 0 atom stereocenters. The van der Waals surface area contributed by atoms with Crippen molar-refractivity contribution < 1.29 is 14.7 Å². The van der Waals surface area contributed by atoms with E-state index < -0.39 is 5.97 Å². The van der Waals surface area contributed by atoms with Crippen molar-refractivity contribution in [1.29, 1.82) is 0 Å². The molecule has 5 nitrogen and oxygen atoms in total. The van der Waals surface area contributed by atoms with E-state index in [1.165, 1.54) is 18.3 Å². The quantitative estimate of drug-likeness (QED) is 0.923. The molecule has 0 unspecified atom stereocenters. The number of fused-ring (bicyclic) bond motifs is 1. The smallest absolute Gasteiger partial charge is 0.338 e. The number of rotatable bonds is 2. The first-order valence-electron chi connectivity index (χ1n) is 6.40. The van der Waals surface area contributed by atoms with Crippen molar-refractivity contribution >= 4 is 29.3 Å². The maximum absolute atomic E-state index is 12.7. The Kier molecular flexibility index (Phi) is 3.62. The highest BCUT2D eigenvalue weighted by Crippen LogP contribution is 2.35. The standard InChI is InChI=1S/C15H12N2O3S/c18-14(13-10(15(19)20)4-3-7-16-13)17-8-9-21-12-6-2-1-5-11(12)17/h1-7H,8-9H2,(H,19,20). The number of thioether (sulfide) groups is 1. The Morgan fingerprint density at radius 2 is 2.00 bits per heavy atom. The molecule has 21 heavy (non-hydrogen) atoms. The average Bonchev–Trinajstić information content (AvgIpc) is 2.53. The number of anilines is 1. The van der Waals surface area contributed by atoms with Gasteiger partial charge in [0.1, 0.15) is 5.69 Å². The van der Waals surface area contributed by atoms with E-state index in [4.69, 9.17) is 0 Å². The topological polar surface area (TPSA) is 70.5 Å². The zero-order chi connectivity index (χ0) is 14.8. The van der Waals surface area contributed by atoms with Crippen LogP contribution < -0.4 is 4.90 Å². The van der Waals surface area contributed by atoms with Crippen LogP contribution in [0.15, 0.2) is 47.5 Å². The van der Waals surface area contributed by atoms with Gasteiger partial charge >= 0.3 is 5.97 Å². The number of carbonyl (C=O) groups excluding carboxylic acids is 1. The minimum absolute atomic E-state index is 0.0216. The second kappa shape index (κ2) is 5.57. The molecule has 0 radical (unpaired) electrons. The fraction of sp³-hybridized carbons (Fsp3) is 0.133. The maximum Gasteiger partial charge on any atom is 0.338 e. The first-order valence-corrected chi connectivity index (χ1v) is 7.39. The average molecular weight is 300 g/mol. The minimum Gasteiger partial charge on any atom is -0.478 e. The SMILES string of the molecule is O=C(O)c1cccnc1C(=O)N1CCSc2ccccc21. The van der Waals surface area contributed by atoms with Crippen molar-refractivity contribution in [3.8, 4) is 0 Å². The van der Waals surface area contributed by atoms with Crippen molar-refractivity contribution in [2.24, 2.45) is 0 Å². The molecule has 0 fully saturated rings. The molecular formula is C15H12N2O3S. The maximum atomic E-state index is 12.7. The Hall–Kier alpha value is -2.34. The van der Waals surface area contributed by atoms with Gasteiger partial charge in [0.2, 0.25) is 0 Å². The van der Waals surface area contributed by atoms with Gasteiger partial charge in [0, 0.05) is 23.4 Å². The highest BCUT2D eigenvalue weighted by molar-refractivity contribution is 7.99. The van der Waals surface area contributed by atoms with Gasteiger partial charge in [-0.05, 0) is 24.3 Å². The molecule has 1 amide bonds. The number of para-hydroxylation sites is 1. The zero-order valence-electron chi connectivity index (χ0n) is 11.0. The van der Waals surface area contributed by atoms with E-state index >= 15 is 0 Å². The van der Waals surface area contributed by atoms with Crippen molar-refractivity contribution in [1.82, 2.24) is 4.98 Å². The molecule has 0 saturated carbocycles. The van der Waals surface area contributed by atoms with Gasteiger partial charge in [-0.1, -0.05) is 12.1 Å². The van der Waals surface area contributed by atoms with Gasteiger partial charge in [0.05, 0.1) is 11.3 Å². The van der Waals surface area contributed by atoms with Gasteiger partial charge in [-0.25, -0.2) is 4.79 Å². The molecule has 2 heterocycles. The van der Waals surface area contributed by atoms with E-state index in [9.17, 15) is 14.7 Å². The molecule has 6 heteroatoms. The van der Waals surface area contributed by atoms with Crippen LogP contribution in [0.4, 0.5) is 5.69 Å². The van der Waals surface area contributed by atoms with E-state index in [2.05, 4.69) is 4.98 Å². The molecule has 3 rings (SSSR count). The summed E-state index contributed by atoms with van der Waals surface area (Å²) >= 11 is 1.68. The van der Waals surface area contributed by atoms with Crippen LogP contribution in [0.3, 0.4) is 0 Å². The normalized spacial score (nSPS) is 13.6. The van der Waals surface area contributed by atoms with E-state index in [1.54, 1.807) is 16.7 Å². The number of carboxylic acid groups (broad SMARTS) is 1. The lowest BCUT2D eigenvalue weighted by Gasteiger charge is -2.28. The Morgan fingerprint density at radius 3 is 2.81 bits per heavy atom.